The fraction of sp³-hybridized carbons (Fsp3) is 0.421. The predicted octanol–water partition coefficient (Wildman–Crippen LogP) is 2.33. The smallest absolute Gasteiger partial charge is 0.145 e. The highest BCUT2D eigenvalue weighted by molar-refractivity contribution is 5.80. The standard InChI is InChI=1S/C19H26N6/c1-14-15(2)25(11-5-10-23(3)4)19-17(14)18(20)24(13-22-19)12-16-6-8-21-9-7-16/h6-9,13,20H,5,10-12H2,1-4H3. The molecule has 132 valence electrons. The number of aryl methyl sites for hydroxylation is 2. The first-order chi connectivity index (χ1) is 12.0. The van der Waals surface area contributed by atoms with Gasteiger partial charge in [-0.15, -0.1) is 0 Å². The maximum atomic E-state index is 8.67. The Morgan fingerprint density at radius 1 is 1.16 bits per heavy atom. The Kier molecular flexibility index (Phi) is 4.99. The Bertz CT molecular complexity index is 920. The average Bonchev–Trinajstić information content (AvgIpc) is 2.83. The van der Waals surface area contributed by atoms with Crippen molar-refractivity contribution in [2.45, 2.75) is 33.4 Å². The summed E-state index contributed by atoms with van der Waals surface area (Å²) in [6, 6.07) is 3.95. The molecule has 6 nitrogen and oxygen atoms in total. The van der Waals surface area contributed by atoms with Gasteiger partial charge in [-0.05, 0) is 64.2 Å². The van der Waals surface area contributed by atoms with Crippen molar-refractivity contribution in [1.82, 2.24) is 24.0 Å². The Hall–Kier alpha value is -2.47. The van der Waals surface area contributed by atoms with E-state index in [0.717, 1.165) is 41.7 Å². The molecule has 3 aromatic heterocycles. The molecule has 1 N–H and O–H groups in total. The van der Waals surface area contributed by atoms with Gasteiger partial charge >= 0.3 is 0 Å². The summed E-state index contributed by atoms with van der Waals surface area (Å²) in [5.74, 6) is 0. The molecule has 0 amide bonds. The van der Waals surface area contributed by atoms with Crippen molar-refractivity contribution < 1.29 is 0 Å². The Balaban J connectivity index is 1.99. The summed E-state index contributed by atoms with van der Waals surface area (Å²) in [5.41, 5.74) is 4.92. The molecule has 25 heavy (non-hydrogen) atoms. The molecule has 0 saturated carbocycles. The molecule has 0 bridgehead atoms. The molecule has 0 unspecified atom stereocenters. The van der Waals surface area contributed by atoms with Gasteiger partial charge in [-0.25, -0.2) is 4.98 Å². The summed E-state index contributed by atoms with van der Waals surface area (Å²) in [7, 11) is 4.18. The van der Waals surface area contributed by atoms with Gasteiger partial charge in [0.05, 0.1) is 18.3 Å². The van der Waals surface area contributed by atoms with Gasteiger partial charge in [0.25, 0.3) is 0 Å². The number of fused-ring (bicyclic) bond motifs is 1. The van der Waals surface area contributed by atoms with Crippen LogP contribution in [0, 0.1) is 19.3 Å². The van der Waals surface area contributed by atoms with Crippen molar-refractivity contribution in [3.8, 4) is 0 Å². The number of rotatable bonds is 6. The lowest BCUT2D eigenvalue weighted by Gasteiger charge is -2.12. The van der Waals surface area contributed by atoms with Gasteiger partial charge in [-0.1, -0.05) is 0 Å². The van der Waals surface area contributed by atoms with Gasteiger partial charge in [0.2, 0.25) is 0 Å². The van der Waals surface area contributed by atoms with Crippen molar-refractivity contribution in [1.29, 1.82) is 5.41 Å². The number of pyridine rings is 1. The zero-order chi connectivity index (χ0) is 18.0. The number of nitrogens with zero attached hydrogens (tertiary/aromatic N) is 5. The molecule has 0 aliphatic carbocycles. The van der Waals surface area contributed by atoms with Crippen LogP contribution in [0.25, 0.3) is 11.0 Å². The molecule has 6 heteroatoms. The molecule has 0 fully saturated rings. The van der Waals surface area contributed by atoms with Crippen LogP contribution in [0.2, 0.25) is 0 Å². The highest BCUT2D eigenvalue weighted by Crippen LogP contribution is 2.21. The maximum absolute atomic E-state index is 8.67. The van der Waals surface area contributed by atoms with Crippen LogP contribution in [0.15, 0.2) is 30.9 Å². The van der Waals surface area contributed by atoms with Crippen LogP contribution in [0.4, 0.5) is 0 Å². The summed E-state index contributed by atoms with van der Waals surface area (Å²) in [6.07, 6.45) is 6.41. The minimum absolute atomic E-state index is 0.522. The third-order valence-electron chi connectivity index (χ3n) is 4.73. The van der Waals surface area contributed by atoms with Gasteiger partial charge in [0.15, 0.2) is 0 Å². The average molecular weight is 338 g/mol. The van der Waals surface area contributed by atoms with E-state index >= 15 is 0 Å². The molecular weight excluding hydrogens is 312 g/mol. The van der Waals surface area contributed by atoms with Crippen LogP contribution in [-0.4, -0.2) is 44.6 Å². The van der Waals surface area contributed by atoms with Crippen LogP contribution < -0.4 is 5.49 Å². The Morgan fingerprint density at radius 3 is 2.56 bits per heavy atom. The highest BCUT2D eigenvalue weighted by Gasteiger charge is 2.15. The SMILES string of the molecule is Cc1c(C)n(CCCN(C)C)c2ncn(Cc3ccncc3)c(=N)c12. The quantitative estimate of drug-likeness (QED) is 0.750. The van der Waals surface area contributed by atoms with Crippen molar-refractivity contribution in [2.24, 2.45) is 0 Å². The van der Waals surface area contributed by atoms with E-state index in [-0.39, 0.29) is 0 Å². The number of hydrogen-bond acceptors (Lipinski definition) is 4. The molecule has 0 spiro atoms. The van der Waals surface area contributed by atoms with Gasteiger partial charge < -0.3 is 14.0 Å². The first-order valence-electron chi connectivity index (χ1n) is 8.62. The zero-order valence-electron chi connectivity index (χ0n) is 15.5. The molecule has 0 aliphatic heterocycles. The van der Waals surface area contributed by atoms with E-state index in [1.807, 2.05) is 16.7 Å². The Labute approximate surface area is 148 Å². The van der Waals surface area contributed by atoms with Crippen molar-refractivity contribution >= 4 is 11.0 Å². The van der Waals surface area contributed by atoms with Crippen LogP contribution in [0.1, 0.15) is 23.2 Å². The fourth-order valence-corrected chi connectivity index (χ4v) is 3.21. The second kappa shape index (κ2) is 7.19. The Morgan fingerprint density at radius 2 is 1.88 bits per heavy atom. The van der Waals surface area contributed by atoms with Crippen molar-refractivity contribution in [3.63, 3.8) is 0 Å². The summed E-state index contributed by atoms with van der Waals surface area (Å²) in [6.45, 7) is 6.82. The number of hydrogen-bond donors (Lipinski definition) is 1. The van der Waals surface area contributed by atoms with Crippen molar-refractivity contribution in [2.75, 3.05) is 20.6 Å². The molecule has 3 rings (SSSR count). The minimum atomic E-state index is 0.522. The maximum Gasteiger partial charge on any atom is 0.145 e. The predicted molar refractivity (Wildman–Crippen MR) is 99.6 cm³/mol. The summed E-state index contributed by atoms with van der Waals surface area (Å²) in [5, 5.41) is 9.63. The second-order valence-corrected chi connectivity index (χ2v) is 6.79. The van der Waals surface area contributed by atoms with Gasteiger partial charge in [0, 0.05) is 24.6 Å². The van der Waals surface area contributed by atoms with E-state index in [0.29, 0.717) is 12.0 Å². The molecule has 0 aromatic carbocycles. The molecule has 0 saturated heterocycles. The molecule has 0 atom stereocenters. The van der Waals surface area contributed by atoms with Crippen molar-refractivity contribution in [3.05, 3.63) is 53.2 Å². The topological polar surface area (TPSA) is 62.7 Å². The third-order valence-corrected chi connectivity index (χ3v) is 4.73. The van der Waals surface area contributed by atoms with Gasteiger partial charge in [0.1, 0.15) is 11.1 Å². The molecule has 3 heterocycles. The van der Waals surface area contributed by atoms with Crippen LogP contribution in [0.3, 0.4) is 0 Å². The summed E-state index contributed by atoms with van der Waals surface area (Å²) < 4.78 is 4.15. The summed E-state index contributed by atoms with van der Waals surface area (Å²) >= 11 is 0. The lowest BCUT2D eigenvalue weighted by atomic mass is 10.2. The van der Waals surface area contributed by atoms with E-state index in [4.69, 9.17) is 10.4 Å². The van der Waals surface area contributed by atoms with E-state index in [1.54, 1.807) is 18.7 Å². The zero-order valence-corrected chi connectivity index (χ0v) is 15.5. The molecule has 3 aromatic rings. The third kappa shape index (κ3) is 3.49. The van der Waals surface area contributed by atoms with Crippen LogP contribution in [-0.2, 0) is 13.1 Å². The van der Waals surface area contributed by atoms with E-state index in [2.05, 4.69) is 42.4 Å². The lowest BCUT2D eigenvalue weighted by molar-refractivity contribution is 0.387. The fourth-order valence-electron chi connectivity index (χ4n) is 3.21. The lowest BCUT2D eigenvalue weighted by Crippen LogP contribution is -2.22. The van der Waals surface area contributed by atoms with E-state index in [9.17, 15) is 0 Å². The van der Waals surface area contributed by atoms with E-state index in [1.165, 1.54) is 5.69 Å². The first-order valence-corrected chi connectivity index (χ1v) is 8.62. The van der Waals surface area contributed by atoms with Gasteiger partial charge in [-0.2, -0.15) is 0 Å². The second-order valence-electron chi connectivity index (χ2n) is 6.79. The molecule has 0 radical (unpaired) electrons. The number of nitrogens with one attached hydrogen (secondary N) is 1. The number of aromatic nitrogens is 4. The first kappa shape index (κ1) is 17.4. The molecular formula is C19H26N6. The highest BCUT2D eigenvalue weighted by atomic mass is 15.1. The van der Waals surface area contributed by atoms with Gasteiger partial charge in [-0.3, -0.25) is 10.4 Å². The minimum Gasteiger partial charge on any atom is -0.329 e. The van der Waals surface area contributed by atoms with E-state index < -0.39 is 0 Å². The summed E-state index contributed by atoms with van der Waals surface area (Å²) in [4.78, 5) is 10.9. The molecule has 0 aliphatic rings. The normalized spacial score (nSPS) is 11.6. The monoisotopic (exact) mass is 338 g/mol. The largest absolute Gasteiger partial charge is 0.329 e. The van der Waals surface area contributed by atoms with Crippen LogP contribution >= 0.6 is 0 Å². The van der Waals surface area contributed by atoms with Crippen LogP contribution in [0.5, 0.6) is 0 Å².